The van der Waals surface area contributed by atoms with Gasteiger partial charge >= 0.3 is 0 Å². The topological polar surface area (TPSA) is 21.6 Å². The van der Waals surface area contributed by atoms with Crippen molar-refractivity contribution >= 4 is 5.90 Å². The van der Waals surface area contributed by atoms with E-state index in [1.807, 2.05) is 0 Å². The van der Waals surface area contributed by atoms with Crippen molar-refractivity contribution in [2.24, 2.45) is 34.1 Å². The molecule has 4 saturated carbocycles. The van der Waals surface area contributed by atoms with E-state index in [0.29, 0.717) is 17.4 Å². The van der Waals surface area contributed by atoms with Crippen LogP contribution in [0.15, 0.2) is 4.99 Å². The van der Waals surface area contributed by atoms with Crippen LogP contribution in [0.1, 0.15) is 52.4 Å². The minimum atomic E-state index is 0.373. The molecule has 2 nitrogen and oxygen atoms in total. The predicted molar refractivity (Wildman–Crippen MR) is 72.6 cm³/mol. The molecule has 5 rings (SSSR count). The SMILES string of the molecule is CC(C)[C@H]1COC(C23CC4CC(CC(C4)C2)C3)=N1. The zero-order chi connectivity index (χ0) is 12.3. The minimum absolute atomic E-state index is 0.373. The van der Waals surface area contributed by atoms with E-state index < -0.39 is 0 Å². The van der Waals surface area contributed by atoms with E-state index in [9.17, 15) is 0 Å². The molecule has 0 amide bonds. The van der Waals surface area contributed by atoms with Crippen LogP contribution < -0.4 is 0 Å². The normalized spacial score (nSPS) is 49.6. The summed E-state index contributed by atoms with van der Waals surface area (Å²) in [4.78, 5) is 4.97. The van der Waals surface area contributed by atoms with Crippen molar-refractivity contribution in [1.82, 2.24) is 0 Å². The van der Waals surface area contributed by atoms with Gasteiger partial charge in [-0.3, -0.25) is 0 Å². The van der Waals surface area contributed by atoms with Crippen LogP contribution in [0.3, 0.4) is 0 Å². The lowest BCUT2D eigenvalue weighted by atomic mass is 9.49. The van der Waals surface area contributed by atoms with Crippen molar-refractivity contribution in [2.75, 3.05) is 6.61 Å². The van der Waals surface area contributed by atoms with Crippen molar-refractivity contribution in [3.63, 3.8) is 0 Å². The highest BCUT2D eigenvalue weighted by Crippen LogP contribution is 2.61. The fraction of sp³-hybridized carbons (Fsp3) is 0.938. The molecule has 1 aliphatic heterocycles. The third-order valence-electron chi connectivity index (χ3n) is 5.94. The minimum Gasteiger partial charge on any atom is -0.478 e. The summed E-state index contributed by atoms with van der Waals surface area (Å²) >= 11 is 0. The summed E-state index contributed by atoms with van der Waals surface area (Å²) < 4.78 is 6.06. The molecule has 0 aromatic rings. The Hall–Kier alpha value is -0.530. The van der Waals surface area contributed by atoms with Gasteiger partial charge in [-0.1, -0.05) is 13.8 Å². The molecular weight excluding hydrogens is 222 g/mol. The van der Waals surface area contributed by atoms with Crippen LogP contribution in [-0.2, 0) is 4.74 Å². The summed E-state index contributed by atoms with van der Waals surface area (Å²) in [7, 11) is 0. The standard InChI is InChI=1S/C16H25NO/c1-10(2)14-9-18-15(17-14)16-6-11-3-12(7-16)5-13(4-11)8-16/h10-14H,3-9H2,1-2H3/t11?,12?,13?,14-,16?/m1/s1. The summed E-state index contributed by atoms with van der Waals surface area (Å²) in [5, 5.41) is 0. The highest BCUT2D eigenvalue weighted by Gasteiger charge is 2.55. The fourth-order valence-electron chi connectivity index (χ4n) is 5.39. The van der Waals surface area contributed by atoms with Gasteiger partial charge in [-0.25, -0.2) is 4.99 Å². The average Bonchev–Trinajstić information content (AvgIpc) is 2.76. The van der Waals surface area contributed by atoms with Gasteiger partial charge < -0.3 is 4.74 Å². The molecule has 0 unspecified atom stereocenters. The quantitative estimate of drug-likeness (QED) is 0.730. The fourth-order valence-corrected chi connectivity index (χ4v) is 5.39. The Morgan fingerprint density at radius 3 is 2.06 bits per heavy atom. The molecule has 0 radical (unpaired) electrons. The molecular formula is C16H25NO. The molecule has 0 spiro atoms. The summed E-state index contributed by atoms with van der Waals surface area (Å²) in [6.45, 7) is 5.37. The molecule has 18 heavy (non-hydrogen) atoms. The van der Waals surface area contributed by atoms with E-state index in [-0.39, 0.29) is 0 Å². The van der Waals surface area contributed by atoms with E-state index in [2.05, 4.69) is 13.8 Å². The lowest BCUT2D eigenvalue weighted by Crippen LogP contribution is -2.50. The molecule has 100 valence electrons. The number of ether oxygens (including phenoxy) is 1. The summed E-state index contributed by atoms with van der Waals surface area (Å²) in [5.74, 6) is 4.75. The number of hydrogen-bond donors (Lipinski definition) is 0. The van der Waals surface area contributed by atoms with Gasteiger partial charge in [-0.2, -0.15) is 0 Å². The predicted octanol–water partition coefficient (Wildman–Crippen LogP) is 3.66. The van der Waals surface area contributed by atoms with Gasteiger partial charge in [0.15, 0.2) is 5.90 Å². The number of nitrogens with zero attached hydrogens (tertiary/aromatic N) is 1. The molecule has 0 N–H and O–H groups in total. The molecule has 1 heterocycles. The summed E-state index contributed by atoms with van der Waals surface area (Å²) in [6, 6.07) is 0.424. The molecule has 2 heteroatoms. The van der Waals surface area contributed by atoms with E-state index >= 15 is 0 Å². The zero-order valence-electron chi connectivity index (χ0n) is 11.7. The van der Waals surface area contributed by atoms with Gasteiger partial charge in [0, 0.05) is 5.41 Å². The van der Waals surface area contributed by atoms with Gasteiger partial charge in [0.05, 0.1) is 6.04 Å². The van der Waals surface area contributed by atoms with Crippen LogP contribution in [0.2, 0.25) is 0 Å². The monoisotopic (exact) mass is 247 g/mol. The largest absolute Gasteiger partial charge is 0.478 e. The molecule has 0 saturated heterocycles. The van der Waals surface area contributed by atoms with Crippen LogP contribution >= 0.6 is 0 Å². The lowest BCUT2D eigenvalue weighted by molar-refractivity contribution is -0.0226. The van der Waals surface area contributed by atoms with Crippen LogP contribution in [0.25, 0.3) is 0 Å². The first-order valence-corrected chi connectivity index (χ1v) is 7.86. The summed E-state index contributed by atoms with van der Waals surface area (Å²) in [5.41, 5.74) is 0.373. The van der Waals surface area contributed by atoms with E-state index in [1.165, 1.54) is 44.4 Å². The highest BCUT2D eigenvalue weighted by molar-refractivity contribution is 5.84. The van der Waals surface area contributed by atoms with Crippen molar-refractivity contribution in [1.29, 1.82) is 0 Å². The molecule has 5 aliphatic rings. The van der Waals surface area contributed by atoms with Crippen molar-refractivity contribution in [3.8, 4) is 0 Å². The van der Waals surface area contributed by atoms with Gasteiger partial charge in [-0.15, -0.1) is 0 Å². The van der Waals surface area contributed by atoms with Gasteiger partial charge in [0.25, 0.3) is 0 Å². The third-order valence-corrected chi connectivity index (χ3v) is 5.94. The van der Waals surface area contributed by atoms with Gasteiger partial charge in [0.2, 0.25) is 0 Å². The molecule has 0 aromatic heterocycles. The maximum atomic E-state index is 6.06. The third kappa shape index (κ3) is 1.57. The number of rotatable bonds is 2. The number of aliphatic imine (C=N–C) groups is 1. The average molecular weight is 247 g/mol. The molecule has 4 bridgehead atoms. The first-order valence-electron chi connectivity index (χ1n) is 7.86. The Balaban J connectivity index is 1.62. The van der Waals surface area contributed by atoms with Crippen LogP contribution in [0.5, 0.6) is 0 Å². The zero-order valence-corrected chi connectivity index (χ0v) is 11.7. The molecule has 0 aromatic carbocycles. The van der Waals surface area contributed by atoms with Gasteiger partial charge in [0.1, 0.15) is 6.61 Å². The number of hydrogen-bond acceptors (Lipinski definition) is 2. The van der Waals surface area contributed by atoms with Crippen LogP contribution in [0.4, 0.5) is 0 Å². The van der Waals surface area contributed by atoms with Crippen LogP contribution in [0, 0.1) is 29.1 Å². The maximum Gasteiger partial charge on any atom is 0.190 e. The van der Waals surface area contributed by atoms with Gasteiger partial charge in [-0.05, 0) is 62.2 Å². The van der Waals surface area contributed by atoms with Crippen molar-refractivity contribution < 1.29 is 4.74 Å². The highest BCUT2D eigenvalue weighted by atomic mass is 16.5. The van der Waals surface area contributed by atoms with Crippen LogP contribution in [-0.4, -0.2) is 18.5 Å². The second-order valence-electron chi connectivity index (χ2n) is 7.75. The van der Waals surface area contributed by atoms with Crippen molar-refractivity contribution in [2.45, 2.75) is 58.4 Å². The first-order chi connectivity index (χ1) is 8.64. The second kappa shape index (κ2) is 3.74. The lowest BCUT2D eigenvalue weighted by Gasteiger charge is -2.56. The van der Waals surface area contributed by atoms with E-state index in [0.717, 1.165) is 24.4 Å². The summed E-state index contributed by atoms with van der Waals surface area (Å²) in [6.07, 6.45) is 8.63. The van der Waals surface area contributed by atoms with E-state index in [1.54, 1.807) is 0 Å². The maximum absolute atomic E-state index is 6.06. The second-order valence-corrected chi connectivity index (χ2v) is 7.75. The smallest absolute Gasteiger partial charge is 0.190 e. The van der Waals surface area contributed by atoms with E-state index in [4.69, 9.17) is 9.73 Å². The Kier molecular flexibility index (Phi) is 2.35. The Morgan fingerprint density at radius 2 is 1.61 bits per heavy atom. The van der Waals surface area contributed by atoms with Crippen molar-refractivity contribution in [3.05, 3.63) is 0 Å². The molecule has 1 atom stereocenters. The Labute approximate surface area is 110 Å². The first kappa shape index (κ1) is 11.3. The molecule has 4 fully saturated rings. The Morgan fingerprint density at radius 1 is 1.06 bits per heavy atom. The molecule has 4 aliphatic carbocycles. The Bertz CT molecular complexity index is 349.